The van der Waals surface area contributed by atoms with Gasteiger partial charge in [0.05, 0.1) is 41.0 Å². The zero-order chi connectivity index (χ0) is 36.2. The molecule has 0 saturated heterocycles. The molecule has 16 heteroatoms. The molecule has 0 spiro atoms. The van der Waals surface area contributed by atoms with Gasteiger partial charge in [-0.1, -0.05) is 29.3 Å². The summed E-state index contributed by atoms with van der Waals surface area (Å²) in [5, 5.41) is -1.03. The first-order chi connectivity index (χ1) is 21.5. The highest BCUT2D eigenvalue weighted by molar-refractivity contribution is 6.33. The maximum Gasteiger partial charge on any atom is 0.280 e. The van der Waals surface area contributed by atoms with E-state index in [0.29, 0.717) is 0 Å². The van der Waals surface area contributed by atoms with Crippen molar-refractivity contribution in [2.75, 3.05) is 14.2 Å². The molecule has 0 radical (unpaired) electrons. The lowest BCUT2D eigenvalue weighted by atomic mass is 9.89. The van der Waals surface area contributed by atoms with Gasteiger partial charge in [0.1, 0.15) is 11.5 Å². The molecule has 0 saturated carbocycles. The number of hydrogen-bond donors (Lipinski definition) is 0. The minimum atomic E-state index is -4.18. The van der Waals surface area contributed by atoms with E-state index in [1.165, 1.54) is 0 Å². The van der Waals surface area contributed by atoms with Crippen LogP contribution in [0.4, 0.5) is 52.7 Å². The molecule has 2 aromatic rings. The minimum Gasteiger partial charge on any atom is -0.495 e. The lowest BCUT2D eigenvalue weighted by Crippen LogP contribution is -2.15. The molecule has 0 aromatic heterocycles. The Hall–Kier alpha value is -3.26. The Morgan fingerprint density at radius 3 is 1.30 bits per heavy atom. The number of rotatable bonds is 13. The maximum atomic E-state index is 14.4. The molecule has 0 bridgehead atoms. The highest BCUT2D eigenvalue weighted by atomic mass is 35.5. The van der Waals surface area contributed by atoms with Gasteiger partial charge in [-0.15, -0.1) is 0 Å². The van der Waals surface area contributed by atoms with Crippen LogP contribution in [0.3, 0.4) is 0 Å². The fourth-order valence-electron chi connectivity index (χ4n) is 4.70. The summed E-state index contributed by atoms with van der Waals surface area (Å²) in [7, 11) is 1.89. The van der Waals surface area contributed by atoms with Crippen LogP contribution in [0.1, 0.15) is 62.3 Å². The average molecular weight is 729 g/mol. The Bertz CT molecular complexity index is 1500. The molecule has 260 valence electrons. The predicted octanol–water partition coefficient (Wildman–Crippen LogP) is 12.9. The quantitative estimate of drug-likeness (QED) is 0.151. The minimum absolute atomic E-state index is 0.163. The SMILES string of the molecule is COc1c(Cl)cc(C(=CCCCC(=C(F)F)C(C)(F)F)c2cc(Cl)c(OC)c(C(=C(F)F)C(C)(F)F)c2)cc1C(=C(F)F)C(C)(F)F. The van der Waals surface area contributed by atoms with Gasteiger partial charge in [0, 0.05) is 31.9 Å². The molecule has 0 atom stereocenters. The maximum absolute atomic E-state index is 14.4. The highest BCUT2D eigenvalue weighted by Gasteiger charge is 2.38. The van der Waals surface area contributed by atoms with E-state index in [-0.39, 0.29) is 43.9 Å². The second kappa shape index (κ2) is 15.3. The molecule has 47 heavy (non-hydrogen) atoms. The number of ether oxygens (including phenoxy) is 2. The fraction of sp³-hybridized carbons (Fsp3) is 0.355. The van der Waals surface area contributed by atoms with Crippen molar-refractivity contribution in [2.24, 2.45) is 0 Å². The third-order valence-electron chi connectivity index (χ3n) is 6.65. The number of hydrogen-bond acceptors (Lipinski definition) is 2. The van der Waals surface area contributed by atoms with Crippen LogP contribution in [0.25, 0.3) is 16.7 Å². The number of unbranched alkanes of at least 4 members (excludes halogenated alkanes) is 1. The van der Waals surface area contributed by atoms with Gasteiger partial charge in [-0.05, 0) is 60.2 Å². The lowest BCUT2D eigenvalue weighted by molar-refractivity contribution is 0.0526. The van der Waals surface area contributed by atoms with Crippen molar-refractivity contribution in [3.63, 3.8) is 0 Å². The summed E-state index contributed by atoms with van der Waals surface area (Å²) < 4.78 is 177. The van der Waals surface area contributed by atoms with Crippen LogP contribution in [0.2, 0.25) is 10.0 Å². The molecule has 0 amide bonds. The van der Waals surface area contributed by atoms with E-state index < -0.39 is 98.2 Å². The third-order valence-corrected chi connectivity index (χ3v) is 7.21. The average Bonchev–Trinajstić information content (AvgIpc) is 2.87. The van der Waals surface area contributed by atoms with Crippen molar-refractivity contribution in [1.82, 2.24) is 0 Å². The number of methoxy groups -OCH3 is 2. The summed E-state index contributed by atoms with van der Waals surface area (Å²) in [6.07, 6.45) is -8.74. The van der Waals surface area contributed by atoms with Crippen LogP contribution in [-0.4, -0.2) is 32.0 Å². The number of benzene rings is 2. The first-order valence-electron chi connectivity index (χ1n) is 13.2. The first-order valence-corrected chi connectivity index (χ1v) is 14.0. The largest absolute Gasteiger partial charge is 0.495 e. The van der Waals surface area contributed by atoms with Gasteiger partial charge >= 0.3 is 0 Å². The number of allylic oxidation sites excluding steroid dienone is 4. The van der Waals surface area contributed by atoms with Crippen molar-refractivity contribution in [2.45, 2.75) is 57.8 Å². The standard InChI is InChI=1S/C31H26Cl2F12O2/c1-29(40,41)19(26(34)35)9-7-6-8-16(14-10-17(24(46-4)20(32)12-14)22(27(36)37)30(2,42)43)15-11-18(25(47-5)21(33)13-15)23(28(38)39)31(3,44)45/h8,10-13H,6-7,9H2,1-5H3. The summed E-state index contributed by atoms with van der Waals surface area (Å²) in [5.41, 5.74) is -7.79. The first kappa shape index (κ1) is 39.9. The van der Waals surface area contributed by atoms with Crippen LogP contribution in [0, 0.1) is 0 Å². The fourth-order valence-corrected chi connectivity index (χ4v) is 5.29. The molecule has 0 aliphatic carbocycles. The second-order valence-electron chi connectivity index (χ2n) is 10.3. The molecular formula is C31H26Cl2F12O2. The zero-order valence-corrected chi connectivity index (χ0v) is 26.6. The summed E-state index contributed by atoms with van der Waals surface area (Å²) in [6, 6.07) is 3.55. The summed E-state index contributed by atoms with van der Waals surface area (Å²) in [4.78, 5) is 0. The van der Waals surface area contributed by atoms with E-state index in [0.717, 1.165) is 44.6 Å². The second-order valence-corrected chi connectivity index (χ2v) is 11.1. The smallest absolute Gasteiger partial charge is 0.280 e. The van der Waals surface area contributed by atoms with Gasteiger partial charge < -0.3 is 9.47 Å². The van der Waals surface area contributed by atoms with E-state index in [4.69, 9.17) is 32.7 Å². The van der Waals surface area contributed by atoms with Crippen molar-refractivity contribution >= 4 is 39.9 Å². The third kappa shape index (κ3) is 9.65. The highest BCUT2D eigenvalue weighted by Crippen LogP contribution is 2.48. The van der Waals surface area contributed by atoms with E-state index in [9.17, 15) is 52.7 Å². The van der Waals surface area contributed by atoms with Crippen LogP contribution in [0.15, 0.2) is 54.2 Å². The lowest BCUT2D eigenvalue weighted by Gasteiger charge is -2.22. The van der Waals surface area contributed by atoms with Crippen LogP contribution < -0.4 is 9.47 Å². The molecule has 0 aliphatic rings. The molecule has 0 N–H and O–H groups in total. The predicted molar refractivity (Wildman–Crippen MR) is 156 cm³/mol. The molecule has 0 aliphatic heterocycles. The van der Waals surface area contributed by atoms with Crippen molar-refractivity contribution < 1.29 is 62.2 Å². The Balaban J connectivity index is 3.02. The number of alkyl halides is 6. The molecule has 0 heterocycles. The molecule has 0 fully saturated rings. The summed E-state index contributed by atoms with van der Waals surface area (Å²) >= 11 is 12.5. The van der Waals surface area contributed by atoms with Crippen molar-refractivity contribution in [3.8, 4) is 11.5 Å². The molecular weight excluding hydrogens is 703 g/mol. The normalized spacial score (nSPS) is 12.0. The number of halogens is 14. The van der Waals surface area contributed by atoms with Crippen molar-refractivity contribution in [3.05, 3.63) is 86.5 Å². The summed E-state index contributed by atoms with van der Waals surface area (Å²) in [5.74, 6) is -13.5. The van der Waals surface area contributed by atoms with Gasteiger partial charge in [0.2, 0.25) is 0 Å². The Morgan fingerprint density at radius 2 is 1.02 bits per heavy atom. The van der Waals surface area contributed by atoms with Gasteiger partial charge in [-0.3, -0.25) is 0 Å². The molecule has 2 aromatic carbocycles. The van der Waals surface area contributed by atoms with Crippen LogP contribution >= 0.6 is 23.2 Å². The topological polar surface area (TPSA) is 18.5 Å². The summed E-state index contributed by atoms with van der Waals surface area (Å²) in [6.45, 7) is 0.579. The molecule has 2 rings (SSSR count). The van der Waals surface area contributed by atoms with E-state index in [1.54, 1.807) is 0 Å². The Kier molecular flexibility index (Phi) is 13.0. The zero-order valence-electron chi connectivity index (χ0n) is 25.1. The van der Waals surface area contributed by atoms with Crippen molar-refractivity contribution in [1.29, 1.82) is 0 Å². The Labute approximate surface area is 271 Å². The van der Waals surface area contributed by atoms with Gasteiger partial charge in [0.15, 0.2) is 0 Å². The van der Waals surface area contributed by atoms with Gasteiger partial charge in [0.25, 0.3) is 36.0 Å². The molecule has 2 nitrogen and oxygen atoms in total. The van der Waals surface area contributed by atoms with E-state index in [2.05, 4.69) is 0 Å². The van der Waals surface area contributed by atoms with E-state index in [1.807, 2.05) is 0 Å². The monoisotopic (exact) mass is 728 g/mol. The van der Waals surface area contributed by atoms with Gasteiger partial charge in [-0.25, -0.2) is 26.3 Å². The van der Waals surface area contributed by atoms with Gasteiger partial charge in [-0.2, -0.15) is 26.3 Å². The van der Waals surface area contributed by atoms with Crippen LogP contribution in [0.5, 0.6) is 11.5 Å². The molecule has 0 unspecified atom stereocenters. The Morgan fingerprint density at radius 1 is 0.638 bits per heavy atom. The van der Waals surface area contributed by atoms with Crippen LogP contribution in [-0.2, 0) is 0 Å². The van der Waals surface area contributed by atoms with E-state index >= 15 is 0 Å².